The number of rotatable bonds is 8. The Labute approximate surface area is 103 Å². The van der Waals surface area contributed by atoms with Gasteiger partial charge in [-0.1, -0.05) is 18.9 Å². The van der Waals surface area contributed by atoms with Crippen molar-refractivity contribution in [2.45, 2.75) is 32.1 Å². The smallest absolute Gasteiger partial charge is 0.223 e. The highest BCUT2D eigenvalue weighted by Gasteiger charge is 2.36. The van der Waals surface area contributed by atoms with Crippen LogP contribution in [-0.4, -0.2) is 18.9 Å². The van der Waals surface area contributed by atoms with Crippen molar-refractivity contribution >= 4 is 11.8 Å². The van der Waals surface area contributed by atoms with Crippen LogP contribution in [0.3, 0.4) is 0 Å². The molecule has 96 valence electrons. The summed E-state index contributed by atoms with van der Waals surface area (Å²) in [5.74, 6) is -0.479. The fourth-order valence-corrected chi connectivity index (χ4v) is 2.19. The lowest BCUT2D eigenvalue weighted by Crippen LogP contribution is -2.39. The molecule has 2 atom stereocenters. The molecule has 1 aliphatic rings. The molecule has 0 bridgehead atoms. The molecule has 0 radical (unpaired) electrons. The molecule has 1 fully saturated rings. The van der Waals surface area contributed by atoms with E-state index in [0.717, 1.165) is 6.42 Å². The summed E-state index contributed by atoms with van der Waals surface area (Å²) in [6.07, 6.45) is 6.20. The number of hydrogen-bond donors (Lipinski definition) is 2. The van der Waals surface area contributed by atoms with Gasteiger partial charge in [-0.25, -0.2) is 0 Å². The quantitative estimate of drug-likeness (QED) is 0.624. The van der Waals surface area contributed by atoms with Crippen LogP contribution in [-0.2, 0) is 9.59 Å². The highest BCUT2D eigenvalue weighted by Crippen LogP contribution is 2.38. The van der Waals surface area contributed by atoms with Crippen LogP contribution in [0.25, 0.3) is 0 Å². The van der Waals surface area contributed by atoms with E-state index >= 15 is 0 Å². The minimum atomic E-state index is -0.374. The Bertz CT molecular complexity index is 298. The van der Waals surface area contributed by atoms with Crippen molar-refractivity contribution in [3.63, 3.8) is 0 Å². The van der Waals surface area contributed by atoms with Gasteiger partial charge < -0.3 is 11.1 Å². The zero-order valence-electron chi connectivity index (χ0n) is 10.4. The Balaban J connectivity index is 2.69. The maximum Gasteiger partial charge on any atom is 0.223 e. The van der Waals surface area contributed by atoms with E-state index in [1.165, 1.54) is 12.8 Å². The summed E-state index contributed by atoms with van der Waals surface area (Å²) in [5, 5.41) is 2.64. The van der Waals surface area contributed by atoms with Crippen LogP contribution in [0.4, 0.5) is 0 Å². The van der Waals surface area contributed by atoms with Crippen molar-refractivity contribution in [3.8, 4) is 0 Å². The molecule has 4 heteroatoms. The average molecular weight is 238 g/mol. The van der Waals surface area contributed by atoms with E-state index < -0.39 is 0 Å². The number of allylic oxidation sites excluding steroid dienone is 1. The van der Waals surface area contributed by atoms with Gasteiger partial charge in [-0.2, -0.15) is 0 Å². The molecule has 0 aromatic heterocycles. The Morgan fingerprint density at radius 3 is 2.53 bits per heavy atom. The number of carbonyl (C=O) groups excluding carboxylic acids is 2. The first-order valence-corrected chi connectivity index (χ1v) is 6.22. The number of carbonyl (C=O) groups is 2. The van der Waals surface area contributed by atoms with Crippen LogP contribution in [0.2, 0.25) is 0 Å². The summed E-state index contributed by atoms with van der Waals surface area (Å²) in [6.45, 7) is 3.64. The van der Waals surface area contributed by atoms with Gasteiger partial charge in [0.1, 0.15) is 0 Å². The van der Waals surface area contributed by atoms with Crippen LogP contribution >= 0.6 is 0 Å². The minimum absolute atomic E-state index is 0.0650. The second kappa shape index (κ2) is 6.42. The summed E-state index contributed by atoms with van der Waals surface area (Å²) in [5.41, 5.74) is 5.41. The van der Waals surface area contributed by atoms with Gasteiger partial charge in [0.05, 0.1) is 0 Å². The predicted molar refractivity (Wildman–Crippen MR) is 67.0 cm³/mol. The SMILES string of the molecule is C=CCC[C@H](C(N)=O)C(CC1CC1)C(=O)NC. The van der Waals surface area contributed by atoms with Gasteiger partial charge in [0.25, 0.3) is 0 Å². The molecule has 0 aliphatic heterocycles. The van der Waals surface area contributed by atoms with Gasteiger partial charge >= 0.3 is 0 Å². The van der Waals surface area contributed by atoms with Gasteiger partial charge in [-0.05, 0) is 25.2 Å². The molecule has 17 heavy (non-hydrogen) atoms. The summed E-state index contributed by atoms with van der Waals surface area (Å²) >= 11 is 0. The second-order valence-electron chi connectivity index (χ2n) is 4.77. The summed E-state index contributed by atoms with van der Waals surface area (Å²) in [7, 11) is 1.60. The molecule has 0 heterocycles. The van der Waals surface area contributed by atoms with Crippen LogP contribution < -0.4 is 11.1 Å². The molecular formula is C13H22N2O2. The van der Waals surface area contributed by atoms with E-state index in [9.17, 15) is 9.59 Å². The standard InChI is InChI=1S/C13H22N2O2/c1-3-4-5-10(12(14)16)11(13(17)15-2)8-9-6-7-9/h3,9-11H,1,4-8H2,2H3,(H2,14,16)(H,15,17)/t10-,11?/m0/s1. The lowest BCUT2D eigenvalue weighted by Gasteiger charge is -2.23. The third-order valence-electron chi connectivity index (χ3n) is 3.40. The molecule has 0 spiro atoms. The zero-order chi connectivity index (χ0) is 12.8. The van der Waals surface area contributed by atoms with Gasteiger partial charge in [0.15, 0.2) is 0 Å². The number of primary amides is 1. The third-order valence-corrected chi connectivity index (χ3v) is 3.40. The van der Waals surface area contributed by atoms with Gasteiger partial charge in [0.2, 0.25) is 11.8 Å². The lowest BCUT2D eigenvalue weighted by molar-refractivity contribution is -0.133. The first-order valence-electron chi connectivity index (χ1n) is 6.22. The summed E-state index contributed by atoms with van der Waals surface area (Å²) in [4.78, 5) is 23.3. The topological polar surface area (TPSA) is 72.2 Å². The van der Waals surface area contributed by atoms with E-state index in [4.69, 9.17) is 5.73 Å². The minimum Gasteiger partial charge on any atom is -0.369 e. The van der Waals surface area contributed by atoms with Gasteiger partial charge in [0, 0.05) is 18.9 Å². The van der Waals surface area contributed by atoms with Crippen molar-refractivity contribution in [2.24, 2.45) is 23.5 Å². The van der Waals surface area contributed by atoms with Crippen LogP contribution in [0.15, 0.2) is 12.7 Å². The van der Waals surface area contributed by atoms with E-state index in [0.29, 0.717) is 18.8 Å². The maximum atomic E-state index is 11.8. The first-order chi connectivity index (χ1) is 8.10. The number of amides is 2. The largest absolute Gasteiger partial charge is 0.369 e. The second-order valence-corrected chi connectivity index (χ2v) is 4.77. The summed E-state index contributed by atoms with van der Waals surface area (Å²) < 4.78 is 0. The molecule has 1 rings (SSSR count). The molecule has 2 amide bonds. The summed E-state index contributed by atoms with van der Waals surface area (Å²) in [6, 6.07) is 0. The Morgan fingerprint density at radius 1 is 1.47 bits per heavy atom. The van der Waals surface area contributed by atoms with Crippen molar-refractivity contribution < 1.29 is 9.59 Å². The molecule has 1 saturated carbocycles. The zero-order valence-corrected chi connectivity index (χ0v) is 10.4. The molecule has 0 saturated heterocycles. The van der Waals surface area contributed by atoms with E-state index in [1.807, 2.05) is 0 Å². The molecule has 4 nitrogen and oxygen atoms in total. The molecule has 1 aliphatic carbocycles. The highest BCUT2D eigenvalue weighted by molar-refractivity contribution is 5.86. The van der Waals surface area contributed by atoms with E-state index in [1.54, 1.807) is 13.1 Å². The Kier molecular flexibility index (Phi) is 5.19. The van der Waals surface area contributed by atoms with Crippen LogP contribution in [0, 0.1) is 17.8 Å². The Hall–Kier alpha value is -1.32. The monoisotopic (exact) mass is 238 g/mol. The van der Waals surface area contributed by atoms with E-state index in [-0.39, 0.29) is 23.7 Å². The van der Waals surface area contributed by atoms with Crippen LogP contribution in [0.1, 0.15) is 32.1 Å². The van der Waals surface area contributed by atoms with Gasteiger partial charge in [-0.3, -0.25) is 9.59 Å². The number of nitrogens with two attached hydrogens (primary N) is 1. The molecule has 3 N–H and O–H groups in total. The molecule has 1 unspecified atom stereocenters. The van der Waals surface area contributed by atoms with Crippen LogP contribution in [0.5, 0.6) is 0 Å². The molecule has 0 aromatic carbocycles. The Morgan fingerprint density at radius 2 is 2.12 bits per heavy atom. The normalized spacial score (nSPS) is 18.2. The molecular weight excluding hydrogens is 216 g/mol. The number of nitrogens with one attached hydrogen (secondary N) is 1. The molecule has 0 aromatic rings. The maximum absolute atomic E-state index is 11.8. The van der Waals surface area contributed by atoms with Crippen molar-refractivity contribution in [1.29, 1.82) is 0 Å². The van der Waals surface area contributed by atoms with Crippen molar-refractivity contribution in [1.82, 2.24) is 5.32 Å². The highest BCUT2D eigenvalue weighted by atomic mass is 16.2. The average Bonchev–Trinajstić information content (AvgIpc) is 3.10. The predicted octanol–water partition coefficient (Wildman–Crippen LogP) is 1.22. The van der Waals surface area contributed by atoms with Crippen molar-refractivity contribution in [2.75, 3.05) is 7.05 Å². The number of hydrogen-bond acceptors (Lipinski definition) is 2. The van der Waals surface area contributed by atoms with Crippen molar-refractivity contribution in [3.05, 3.63) is 12.7 Å². The fraction of sp³-hybridized carbons (Fsp3) is 0.692. The fourth-order valence-electron chi connectivity index (χ4n) is 2.19. The lowest BCUT2D eigenvalue weighted by atomic mass is 9.83. The van der Waals surface area contributed by atoms with Gasteiger partial charge in [-0.15, -0.1) is 6.58 Å². The first kappa shape index (κ1) is 13.7. The third kappa shape index (κ3) is 4.21. The van der Waals surface area contributed by atoms with E-state index in [2.05, 4.69) is 11.9 Å².